The van der Waals surface area contributed by atoms with Crippen molar-refractivity contribution in [2.75, 3.05) is 20.1 Å². The molecule has 0 bridgehead atoms. The van der Waals surface area contributed by atoms with E-state index in [1.54, 1.807) is 6.08 Å². The Balaban J connectivity index is 0.00000220. The third kappa shape index (κ3) is 4.73. The number of amides is 1. The number of benzene rings is 1. The largest absolute Gasteiger partial charge is 0.339 e. The van der Waals surface area contributed by atoms with Gasteiger partial charge in [-0.1, -0.05) is 29.8 Å². The molecule has 21 heavy (non-hydrogen) atoms. The zero-order valence-corrected chi connectivity index (χ0v) is 14.0. The minimum absolute atomic E-state index is 0. The van der Waals surface area contributed by atoms with E-state index >= 15 is 0 Å². The smallest absolute Gasteiger partial charge is 0.246 e. The van der Waals surface area contributed by atoms with Crippen molar-refractivity contribution in [3.8, 4) is 0 Å². The van der Waals surface area contributed by atoms with Crippen LogP contribution in [0.15, 0.2) is 30.3 Å². The number of nitrogens with one attached hydrogen (secondary N) is 1. The van der Waals surface area contributed by atoms with E-state index in [2.05, 4.69) is 5.32 Å². The van der Waals surface area contributed by atoms with E-state index < -0.39 is 0 Å². The summed E-state index contributed by atoms with van der Waals surface area (Å²) < 4.78 is 0. The average molecular weight is 329 g/mol. The average Bonchev–Trinajstić information content (AvgIpc) is 2.47. The van der Waals surface area contributed by atoms with Gasteiger partial charge in [-0.25, -0.2) is 0 Å². The van der Waals surface area contributed by atoms with Crippen molar-refractivity contribution in [2.24, 2.45) is 0 Å². The van der Waals surface area contributed by atoms with Crippen LogP contribution in [0.3, 0.4) is 0 Å². The molecule has 0 aliphatic carbocycles. The van der Waals surface area contributed by atoms with Crippen molar-refractivity contribution >= 4 is 35.5 Å². The summed E-state index contributed by atoms with van der Waals surface area (Å²) in [5, 5.41) is 3.95. The number of hydrogen-bond donors (Lipinski definition) is 1. The van der Waals surface area contributed by atoms with Gasteiger partial charge in [-0.05, 0) is 44.0 Å². The number of likely N-dealkylation sites (tertiary alicyclic amines) is 1. The van der Waals surface area contributed by atoms with E-state index in [1.165, 1.54) is 0 Å². The number of allylic oxidation sites excluding steroid dienone is 1. The van der Waals surface area contributed by atoms with Gasteiger partial charge in [-0.3, -0.25) is 4.79 Å². The zero-order valence-electron chi connectivity index (χ0n) is 12.4. The summed E-state index contributed by atoms with van der Waals surface area (Å²) in [6.07, 6.45) is 3.73. The van der Waals surface area contributed by atoms with Crippen molar-refractivity contribution in [2.45, 2.75) is 25.8 Å². The van der Waals surface area contributed by atoms with Crippen molar-refractivity contribution < 1.29 is 4.79 Å². The van der Waals surface area contributed by atoms with E-state index in [1.807, 2.05) is 43.1 Å². The molecule has 116 valence electrons. The van der Waals surface area contributed by atoms with Crippen molar-refractivity contribution in [1.29, 1.82) is 0 Å². The molecule has 1 heterocycles. The van der Waals surface area contributed by atoms with Gasteiger partial charge in [-0.2, -0.15) is 0 Å². The predicted octanol–water partition coefficient (Wildman–Crippen LogP) is 3.38. The summed E-state index contributed by atoms with van der Waals surface area (Å²) in [6, 6.07) is 8.14. The van der Waals surface area contributed by atoms with Crippen LogP contribution in [0.1, 0.15) is 25.3 Å². The highest BCUT2D eigenvalue weighted by atomic mass is 35.5. The fraction of sp³-hybridized carbons (Fsp3) is 0.438. The number of halogens is 2. The Labute approximate surface area is 137 Å². The second-order valence-corrected chi connectivity index (χ2v) is 5.60. The molecule has 1 saturated heterocycles. The Morgan fingerprint density at radius 3 is 2.52 bits per heavy atom. The van der Waals surface area contributed by atoms with Gasteiger partial charge in [0.25, 0.3) is 0 Å². The first-order valence-corrected chi connectivity index (χ1v) is 7.39. The standard InChI is InChI=1S/C16H21ClN2O.ClH/c1-12(14-5-3-4-6-15(14)17)11-16(20)19-9-7-13(18-2)8-10-19;/h3-6,11,13,18H,7-10H2,1-2H3;1H/b12-11+;. The molecule has 1 aliphatic heterocycles. The van der Waals surface area contributed by atoms with Gasteiger partial charge in [0.05, 0.1) is 0 Å². The Morgan fingerprint density at radius 1 is 1.33 bits per heavy atom. The highest BCUT2D eigenvalue weighted by Crippen LogP contribution is 2.23. The number of nitrogens with zero attached hydrogens (tertiary/aromatic N) is 1. The summed E-state index contributed by atoms with van der Waals surface area (Å²) in [6.45, 7) is 3.56. The summed E-state index contributed by atoms with van der Waals surface area (Å²) in [5.41, 5.74) is 1.84. The quantitative estimate of drug-likeness (QED) is 0.863. The van der Waals surface area contributed by atoms with Crippen LogP contribution in [0.2, 0.25) is 5.02 Å². The van der Waals surface area contributed by atoms with Gasteiger partial charge in [0.15, 0.2) is 0 Å². The van der Waals surface area contributed by atoms with Crippen molar-refractivity contribution in [3.63, 3.8) is 0 Å². The molecule has 1 aliphatic rings. The fourth-order valence-corrected chi connectivity index (χ4v) is 2.81. The normalized spacial score (nSPS) is 16.5. The molecule has 5 heteroatoms. The predicted molar refractivity (Wildman–Crippen MR) is 91.0 cm³/mol. The molecule has 1 aromatic rings. The number of piperidine rings is 1. The van der Waals surface area contributed by atoms with Gasteiger partial charge in [0.1, 0.15) is 0 Å². The van der Waals surface area contributed by atoms with Crippen molar-refractivity contribution in [1.82, 2.24) is 10.2 Å². The minimum atomic E-state index is 0. The summed E-state index contributed by atoms with van der Waals surface area (Å²) in [4.78, 5) is 14.2. The lowest BCUT2D eigenvalue weighted by Crippen LogP contribution is -2.43. The minimum Gasteiger partial charge on any atom is -0.339 e. The highest BCUT2D eigenvalue weighted by molar-refractivity contribution is 6.32. The Morgan fingerprint density at radius 2 is 1.95 bits per heavy atom. The van der Waals surface area contributed by atoms with E-state index in [-0.39, 0.29) is 18.3 Å². The maximum absolute atomic E-state index is 12.3. The molecule has 2 rings (SSSR count). The first-order chi connectivity index (χ1) is 9.61. The fourth-order valence-electron chi connectivity index (χ4n) is 2.52. The molecule has 1 N–H and O–H groups in total. The van der Waals surface area contributed by atoms with E-state index in [4.69, 9.17) is 11.6 Å². The lowest BCUT2D eigenvalue weighted by atomic mass is 10.0. The molecule has 0 atom stereocenters. The summed E-state index contributed by atoms with van der Waals surface area (Å²) in [7, 11) is 1.98. The molecular formula is C16H22Cl2N2O. The number of hydrogen-bond acceptors (Lipinski definition) is 2. The third-order valence-electron chi connectivity index (χ3n) is 3.85. The van der Waals surface area contributed by atoms with Gasteiger partial charge in [0, 0.05) is 30.2 Å². The van der Waals surface area contributed by atoms with Crippen LogP contribution in [0.5, 0.6) is 0 Å². The van der Waals surface area contributed by atoms with Crippen molar-refractivity contribution in [3.05, 3.63) is 40.9 Å². The molecule has 0 radical (unpaired) electrons. The van der Waals surface area contributed by atoms with Gasteiger partial charge in [-0.15, -0.1) is 12.4 Å². The molecule has 3 nitrogen and oxygen atoms in total. The first-order valence-electron chi connectivity index (χ1n) is 7.01. The third-order valence-corrected chi connectivity index (χ3v) is 4.18. The van der Waals surface area contributed by atoms with Gasteiger partial charge < -0.3 is 10.2 Å². The van der Waals surface area contributed by atoms with Gasteiger partial charge in [0.2, 0.25) is 5.91 Å². The van der Waals surface area contributed by atoms with E-state index in [0.717, 1.165) is 37.1 Å². The Bertz CT molecular complexity index is 509. The summed E-state index contributed by atoms with van der Waals surface area (Å²) in [5.74, 6) is 0.0805. The van der Waals surface area contributed by atoms with Gasteiger partial charge >= 0.3 is 0 Å². The lowest BCUT2D eigenvalue weighted by Gasteiger charge is -2.31. The molecule has 0 unspecified atom stereocenters. The maximum atomic E-state index is 12.3. The SMILES string of the molecule is CNC1CCN(C(=O)/C=C(\C)c2ccccc2Cl)CC1.Cl. The van der Waals surface area contributed by atoms with Crippen LogP contribution >= 0.6 is 24.0 Å². The van der Waals surface area contributed by atoms with Crippen LogP contribution in [0.25, 0.3) is 5.57 Å². The van der Waals surface area contributed by atoms with Crippen LogP contribution in [0.4, 0.5) is 0 Å². The van der Waals surface area contributed by atoms with Crippen LogP contribution < -0.4 is 5.32 Å². The van der Waals surface area contributed by atoms with Crippen LogP contribution in [0, 0.1) is 0 Å². The Hall–Kier alpha value is -1.03. The van der Waals surface area contributed by atoms with Crippen LogP contribution in [-0.2, 0) is 4.79 Å². The number of carbonyl (C=O) groups excluding carboxylic acids is 1. The molecule has 1 amide bonds. The molecule has 1 fully saturated rings. The molecule has 0 aromatic heterocycles. The maximum Gasteiger partial charge on any atom is 0.246 e. The van der Waals surface area contributed by atoms with E-state index in [9.17, 15) is 4.79 Å². The second kappa shape index (κ2) is 8.42. The topological polar surface area (TPSA) is 32.3 Å². The number of carbonyl (C=O) groups is 1. The lowest BCUT2D eigenvalue weighted by molar-refractivity contribution is -0.127. The molecule has 0 saturated carbocycles. The number of rotatable bonds is 3. The van der Waals surface area contributed by atoms with Crippen LogP contribution in [-0.4, -0.2) is 37.0 Å². The Kier molecular flexibility index (Phi) is 7.23. The molecule has 1 aromatic carbocycles. The molecular weight excluding hydrogens is 307 g/mol. The first kappa shape index (κ1) is 18.0. The molecule has 0 spiro atoms. The highest BCUT2D eigenvalue weighted by Gasteiger charge is 2.20. The van der Waals surface area contributed by atoms with E-state index in [0.29, 0.717) is 11.1 Å². The zero-order chi connectivity index (χ0) is 14.5. The monoisotopic (exact) mass is 328 g/mol. The summed E-state index contributed by atoms with van der Waals surface area (Å²) >= 11 is 6.15. The second-order valence-electron chi connectivity index (χ2n) is 5.20.